The first kappa shape index (κ1) is 13.5. The van der Waals surface area contributed by atoms with Gasteiger partial charge in [-0.2, -0.15) is 0 Å². The second-order valence-corrected chi connectivity index (χ2v) is 4.47. The van der Waals surface area contributed by atoms with Crippen molar-refractivity contribution in [3.63, 3.8) is 0 Å². The Kier molecular flexibility index (Phi) is 4.86. The first-order chi connectivity index (χ1) is 9.29. The summed E-state index contributed by atoms with van der Waals surface area (Å²) in [6, 6.07) is 5.84. The van der Waals surface area contributed by atoms with Crippen molar-refractivity contribution < 1.29 is 4.74 Å². The van der Waals surface area contributed by atoms with E-state index in [0.717, 1.165) is 24.2 Å². The molecule has 0 fully saturated rings. The zero-order chi connectivity index (χ0) is 13.5. The Bertz CT molecular complexity index is 502. The lowest BCUT2D eigenvalue weighted by molar-refractivity contribution is 0.315. The molecule has 0 saturated heterocycles. The van der Waals surface area contributed by atoms with Gasteiger partial charge in [-0.3, -0.25) is 9.97 Å². The molecule has 0 aliphatic heterocycles. The fourth-order valence-corrected chi connectivity index (χ4v) is 1.83. The minimum atomic E-state index is -0.0833. The summed E-state index contributed by atoms with van der Waals surface area (Å²) >= 11 is 0. The van der Waals surface area contributed by atoms with E-state index in [2.05, 4.69) is 16.9 Å². The fourth-order valence-electron chi connectivity index (χ4n) is 1.83. The molecule has 2 N–H and O–H groups in total. The Labute approximate surface area is 113 Å². The van der Waals surface area contributed by atoms with Crippen LogP contribution in [0.4, 0.5) is 0 Å². The topological polar surface area (TPSA) is 61.0 Å². The molecule has 1 unspecified atom stereocenters. The van der Waals surface area contributed by atoms with Gasteiger partial charge in [0, 0.05) is 24.6 Å². The SMILES string of the molecule is CCCOc1cncc(C(N)Cc2ccncc2)c1. The van der Waals surface area contributed by atoms with Crippen LogP contribution in [0.5, 0.6) is 5.75 Å². The van der Waals surface area contributed by atoms with Gasteiger partial charge in [0.1, 0.15) is 5.75 Å². The van der Waals surface area contributed by atoms with E-state index in [1.165, 1.54) is 5.56 Å². The first-order valence-electron chi connectivity index (χ1n) is 6.52. The van der Waals surface area contributed by atoms with Crippen molar-refractivity contribution in [1.82, 2.24) is 9.97 Å². The van der Waals surface area contributed by atoms with Gasteiger partial charge in [0.2, 0.25) is 0 Å². The molecule has 0 aliphatic carbocycles. The van der Waals surface area contributed by atoms with Crippen molar-refractivity contribution in [3.05, 3.63) is 54.1 Å². The number of pyridine rings is 2. The second kappa shape index (κ2) is 6.85. The van der Waals surface area contributed by atoms with Gasteiger partial charge in [-0.15, -0.1) is 0 Å². The van der Waals surface area contributed by atoms with Gasteiger partial charge in [0.25, 0.3) is 0 Å². The molecule has 0 bridgehead atoms. The Balaban J connectivity index is 2.04. The van der Waals surface area contributed by atoms with E-state index < -0.39 is 0 Å². The highest BCUT2D eigenvalue weighted by molar-refractivity contribution is 5.27. The molecule has 0 radical (unpaired) electrons. The lowest BCUT2D eigenvalue weighted by atomic mass is 10.0. The predicted octanol–water partition coefficient (Wildman–Crippen LogP) is 2.51. The molecule has 2 heterocycles. The maximum Gasteiger partial charge on any atom is 0.137 e. The monoisotopic (exact) mass is 257 g/mol. The van der Waals surface area contributed by atoms with Crippen LogP contribution in [-0.2, 0) is 6.42 Å². The van der Waals surface area contributed by atoms with Crippen LogP contribution >= 0.6 is 0 Å². The molecule has 0 aliphatic rings. The number of nitrogens with zero attached hydrogens (tertiary/aromatic N) is 2. The Morgan fingerprint density at radius 2 is 2.00 bits per heavy atom. The molecular formula is C15H19N3O. The highest BCUT2D eigenvalue weighted by Crippen LogP contribution is 2.19. The number of rotatable bonds is 6. The molecule has 0 aromatic carbocycles. The maximum absolute atomic E-state index is 6.21. The number of nitrogens with two attached hydrogens (primary N) is 1. The third-order valence-electron chi connectivity index (χ3n) is 2.84. The molecule has 0 saturated carbocycles. The van der Waals surface area contributed by atoms with Crippen LogP contribution in [0, 0.1) is 0 Å². The highest BCUT2D eigenvalue weighted by Gasteiger charge is 2.08. The lowest BCUT2D eigenvalue weighted by Crippen LogP contribution is -2.14. The standard InChI is InChI=1S/C15H19N3O/c1-2-7-19-14-9-13(10-18-11-14)15(16)8-12-3-5-17-6-4-12/h3-6,9-11,15H,2,7-8,16H2,1H3. The average molecular weight is 257 g/mol. The summed E-state index contributed by atoms with van der Waals surface area (Å²) in [7, 11) is 0. The zero-order valence-electron chi connectivity index (χ0n) is 11.1. The van der Waals surface area contributed by atoms with Crippen molar-refractivity contribution in [2.75, 3.05) is 6.61 Å². The zero-order valence-corrected chi connectivity index (χ0v) is 11.1. The van der Waals surface area contributed by atoms with Crippen LogP contribution < -0.4 is 10.5 Å². The fraction of sp³-hybridized carbons (Fsp3) is 0.333. The summed E-state index contributed by atoms with van der Waals surface area (Å²) in [4.78, 5) is 8.18. The Morgan fingerprint density at radius 1 is 1.21 bits per heavy atom. The molecule has 2 aromatic heterocycles. The normalized spacial score (nSPS) is 12.1. The summed E-state index contributed by atoms with van der Waals surface area (Å²) in [6.45, 7) is 2.77. The van der Waals surface area contributed by atoms with Gasteiger partial charge in [0.05, 0.1) is 12.8 Å². The summed E-state index contributed by atoms with van der Waals surface area (Å²) in [5.74, 6) is 0.782. The minimum Gasteiger partial charge on any atom is -0.492 e. The molecule has 0 amide bonds. The smallest absolute Gasteiger partial charge is 0.137 e. The lowest BCUT2D eigenvalue weighted by Gasteiger charge is -2.13. The van der Waals surface area contributed by atoms with E-state index in [0.29, 0.717) is 6.61 Å². The molecular weight excluding hydrogens is 238 g/mol. The van der Waals surface area contributed by atoms with Gasteiger partial charge < -0.3 is 10.5 Å². The van der Waals surface area contributed by atoms with E-state index >= 15 is 0 Å². The number of ether oxygens (including phenoxy) is 1. The summed E-state index contributed by atoms with van der Waals surface area (Å²) in [5, 5.41) is 0. The summed E-state index contributed by atoms with van der Waals surface area (Å²) in [6.07, 6.45) is 8.82. The van der Waals surface area contributed by atoms with Gasteiger partial charge in [-0.1, -0.05) is 6.92 Å². The third kappa shape index (κ3) is 4.03. The van der Waals surface area contributed by atoms with Gasteiger partial charge in [-0.25, -0.2) is 0 Å². The van der Waals surface area contributed by atoms with Crippen molar-refractivity contribution in [2.24, 2.45) is 5.73 Å². The molecule has 100 valence electrons. The quantitative estimate of drug-likeness (QED) is 0.863. The van der Waals surface area contributed by atoms with E-state index in [-0.39, 0.29) is 6.04 Å². The van der Waals surface area contributed by atoms with Gasteiger partial charge in [-0.05, 0) is 42.2 Å². The van der Waals surface area contributed by atoms with E-state index in [1.54, 1.807) is 24.8 Å². The molecule has 1 atom stereocenters. The van der Waals surface area contributed by atoms with Crippen LogP contribution in [-0.4, -0.2) is 16.6 Å². The van der Waals surface area contributed by atoms with Crippen LogP contribution in [0.3, 0.4) is 0 Å². The van der Waals surface area contributed by atoms with Gasteiger partial charge >= 0.3 is 0 Å². The molecule has 4 heteroatoms. The first-order valence-corrected chi connectivity index (χ1v) is 6.52. The number of aromatic nitrogens is 2. The highest BCUT2D eigenvalue weighted by atomic mass is 16.5. The van der Waals surface area contributed by atoms with Crippen LogP contribution in [0.2, 0.25) is 0 Å². The summed E-state index contributed by atoms with van der Waals surface area (Å²) < 4.78 is 5.57. The third-order valence-corrected chi connectivity index (χ3v) is 2.84. The Morgan fingerprint density at radius 3 is 2.74 bits per heavy atom. The number of hydrogen-bond acceptors (Lipinski definition) is 4. The summed E-state index contributed by atoms with van der Waals surface area (Å²) in [5.41, 5.74) is 8.37. The van der Waals surface area contributed by atoms with Crippen molar-refractivity contribution in [3.8, 4) is 5.75 Å². The molecule has 2 rings (SSSR count). The van der Waals surface area contributed by atoms with Crippen molar-refractivity contribution >= 4 is 0 Å². The van der Waals surface area contributed by atoms with Crippen LogP contribution in [0.15, 0.2) is 43.0 Å². The molecule has 4 nitrogen and oxygen atoms in total. The van der Waals surface area contributed by atoms with Crippen molar-refractivity contribution in [2.45, 2.75) is 25.8 Å². The van der Waals surface area contributed by atoms with E-state index in [9.17, 15) is 0 Å². The number of hydrogen-bond donors (Lipinski definition) is 1. The Hall–Kier alpha value is -1.94. The molecule has 2 aromatic rings. The predicted molar refractivity (Wildman–Crippen MR) is 74.9 cm³/mol. The average Bonchev–Trinajstić information content (AvgIpc) is 2.46. The maximum atomic E-state index is 6.21. The van der Waals surface area contributed by atoms with Crippen LogP contribution in [0.25, 0.3) is 0 Å². The molecule has 0 spiro atoms. The van der Waals surface area contributed by atoms with Crippen LogP contribution in [0.1, 0.15) is 30.5 Å². The second-order valence-electron chi connectivity index (χ2n) is 4.47. The van der Waals surface area contributed by atoms with E-state index in [1.807, 2.05) is 18.2 Å². The molecule has 19 heavy (non-hydrogen) atoms. The minimum absolute atomic E-state index is 0.0833. The largest absolute Gasteiger partial charge is 0.492 e. The van der Waals surface area contributed by atoms with E-state index in [4.69, 9.17) is 10.5 Å². The van der Waals surface area contributed by atoms with Crippen molar-refractivity contribution in [1.29, 1.82) is 0 Å². The van der Waals surface area contributed by atoms with Gasteiger partial charge in [0.15, 0.2) is 0 Å².